The van der Waals surface area contributed by atoms with Crippen LogP contribution in [-0.2, 0) is 4.79 Å². The molecule has 0 saturated heterocycles. The molecule has 1 nitrogen and oxygen atoms in total. The standard InChI is InChI=1S/C27H44O/c1-18(2)8-6-9-19(3)21-13-14-22-20-11-12-24-25(28)10-7-16-26(24,4)23(20)15-17-27(21,22)5/h7,10,18-24H,6,8-9,11-17H2,1-5H3/t19-,20+,21-,22+,23+,24?,26-,27-/m1/s1. The van der Waals surface area contributed by atoms with E-state index in [0.29, 0.717) is 17.1 Å². The van der Waals surface area contributed by atoms with Gasteiger partial charge in [0.2, 0.25) is 0 Å². The Morgan fingerprint density at radius 2 is 1.71 bits per heavy atom. The molecule has 0 heterocycles. The second-order valence-electron chi connectivity index (χ2n) is 12.1. The highest BCUT2D eigenvalue weighted by Gasteiger charge is 2.60. The third-order valence-electron chi connectivity index (χ3n) is 10.3. The molecule has 1 heteroatoms. The molecule has 0 N–H and O–H groups in total. The van der Waals surface area contributed by atoms with Crippen LogP contribution >= 0.6 is 0 Å². The van der Waals surface area contributed by atoms with Gasteiger partial charge in [0.05, 0.1) is 0 Å². The monoisotopic (exact) mass is 384 g/mol. The van der Waals surface area contributed by atoms with Gasteiger partial charge < -0.3 is 0 Å². The minimum atomic E-state index is 0.247. The molecule has 8 atom stereocenters. The third kappa shape index (κ3) is 3.24. The normalized spacial score (nSPS) is 46.2. The average Bonchev–Trinajstić information content (AvgIpc) is 2.98. The lowest BCUT2D eigenvalue weighted by atomic mass is 9.45. The Hall–Kier alpha value is -0.590. The maximum Gasteiger partial charge on any atom is 0.159 e. The maximum absolute atomic E-state index is 12.6. The van der Waals surface area contributed by atoms with Crippen molar-refractivity contribution in [2.24, 2.45) is 52.3 Å². The molecule has 3 fully saturated rings. The number of fused-ring (bicyclic) bond motifs is 5. The summed E-state index contributed by atoms with van der Waals surface area (Å²) in [5, 5.41) is 0. The van der Waals surface area contributed by atoms with Gasteiger partial charge >= 0.3 is 0 Å². The summed E-state index contributed by atoms with van der Waals surface area (Å²) in [7, 11) is 0. The fourth-order valence-corrected chi connectivity index (χ4v) is 8.79. The highest BCUT2D eigenvalue weighted by Crippen LogP contribution is 2.67. The predicted molar refractivity (Wildman–Crippen MR) is 118 cm³/mol. The van der Waals surface area contributed by atoms with Crippen LogP contribution in [0.4, 0.5) is 0 Å². The van der Waals surface area contributed by atoms with Gasteiger partial charge in [-0.3, -0.25) is 4.79 Å². The fraction of sp³-hybridized carbons (Fsp3) is 0.889. The van der Waals surface area contributed by atoms with Gasteiger partial charge in [0.15, 0.2) is 5.78 Å². The van der Waals surface area contributed by atoms with Gasteiger partial charge in [0, 0.05) is 5.92 Å². The highest BCUT2D eigenvalue weighted by molar-refractivity contribution is 5.93. The molecular weight excluding hydrogens is 340 g/mol. The molecule has 158 valence electrons. The third-order valence-corrected chi connectivity index (χ3v) is 10.3. The quantitative estimate of drug-likeness (QED) is 0.481. The number of rotatable bonds is 5. The first-order valence-corrected chi connectivity index (χ1v) is 12.5. The topological polar surface area (TPSA) is 17.1 Å². The molecule has 28 heavy (non-hydrogen) atoms. The van der Waals surface area contributed by atoms with Crippen molar-refractivity contribution in [1.29, 1.82) is 0 Å². The number of allylic oxidation sites excluding steroid dienone is 2. The number of ketones is 1. The first-order valence-electron chi connectivity index (χ1n) is 12.5. The van der Waals surface area contributed by atoms with Gasteiger partial charge in [-0.15, -0.1) is 0 Å². The summed E-state index contributed by atoms with van der Waals surface area (Å²) in [6.07, 6.45) is 17.7. The van der Waals surface area contributed by atoms with Crippen molar-refractivity contribution in [3.05, 3.63) is 12.2 Å². The first kappa shape index (κ1) is 20.7. The van der Waals surface area contributed by atoms with E-state index in [2.05, 4.69) is 40.7 Å². The van der Waals surface area contributed by atoms with Crippen molar-refractivity contribution in [3.8, 4) is 0 Å². The van der Waals surface area contributed by atoms with Crippen molar-refractivity contribution in [2.45, 2.75) is 98.8 Å². The summed E-state index contributed by atoms with van der Waals surface area (Å²) < 4.78 is 0. The summed E-state index contributed by atoms with van der Waals surface area (Å²) in [5.74, 6) is 6.00. The molecule has 4 aliphatic rings. The molecule has 0 radical (unpaired) electrons. The van der Waals surface area contributed by atoms with E-state index in [1.165, 1.54) is 51.4 Å². The zero-order valence-electron chi connectivity index (χ0n) is 19.2. The van der Waals surface area contributed by atoms with Gasteiger partial charge in [-0.2, -0.15) is 0 Å². The Morgan fingerprint density at radius 3 is 2.46 bits per heavy atom. The molecule has 0 spiro atoms. The number of hydrogen-bond donors (Lipinski definition) is 0. The Kier molecular flexibility index (Phi) is 5.60. The molecule has 1 unspecified atom stereocenters. The van der Waals surface area contributed by atoms with E-state index in [0.717, 1.165) is 48.3 Å². The maximum atomic E-state index is 12.6. The zero-order valence-corrected chi connectivity index (χ0v) is 19.2. The summed E-state index contributed by atoms with van der Waals surface area (Å²) in [5.41, 5.74) is 0.813. The van der Waals surface area contributed by atoms with Crippen LogP contribution in [0.15, 0.2) is 12.2 Å². The van der Waals surface area contributed by atoms with E-state index in [-0.39, 0.29) is 5.41 Å². The second kappa shape index (κ2) is 7.59. The molecule has 0 amide bonds. The average molecular weight is 385 g/mol. The van der Waals surface area contributed by atoms with Crippen molar-refractivity contribution in [3.63, 3.8) is 0 Å². The fourth-order valence-electron chi connectivity index (χ4n) is 8.79. The van der Waals surface area contributed by atoms with Crippen molar-refractivity contribution >= 4 is 5.78 Å². The molecular formula is C27H44O. The summed E-state index contributed by atoms with van der Waals surface area (Å²) >= 11 is 0. The van der Waals surface area contributed by atoms with Crippen LogP contribution in [0.1, 0.15) is 98.8 Å². The van der Waals surface area contributed by atoms with Crippen molar-refractivity contribution < 1.29 is 4.79 Å². The van der Waals surface area contributed by atoms with E-state index in [4.69, 9.17) is 0 Å². The van der Waals surface area contributed by atoms with Gasteiger partial charge in [0.1, 0.15) is 0 Å². The van der Waals surface area contributed by atoms with E-state index in [9.17, 15) is 4.79 Å². The van der Waals surface area contributed by atoms with Crippen LogP contribution in [0, 0.1) is 52.3 Å². The van der Waals surface area contributed by atoms with E-state index < -0.39 is 0 Å². The number of carbonyl (C=O) groups is 1. The Labute approximate surface area is 174 Å². The van der Waals surface area contributed by atoms with E-state index in [1.807, 2.05) is 6.08 Å². The first-order chi connectivity index (χ1) is 13.3. The molecule has 0 aromatic carbocycles. The van der Waals surface area contributed by atoms with E-state index >= 15 is 0 Å². The van der Waals surface area contributed by atoms with Gasteiger partial charge in [0.25, 0.3) is 0 Å². The molecule has 4 aliphatic carbocycles. The lowest BCUT2D eigenvalue weighted by molar-refractivity contribution is -0.138. The van der Waals surface area contributed by atoms with Gasteiger partial charge in [-0.05, 0) is 97.4 Å². The lowest BCUT2D eigenvalue weighted by Crippen LogP contribution is -2.54. The van der Waals surface area contributed by atoms with Crippen LogP contribution in [0.2, 0.25) is 0 Å². The lowest BCUT2D eigenvalue weighted by Gasteiger charge is -2.59. The van der Waals surface area contributed by atoms with Gasteiger partial charge in [-0.25, -0.2) is 0 Å². The molecule has 0 aromatic heterocycles. The zero-order chi connectivity index (χ0) is 20.1. The van der Waals surface area contributed by atoms with Crippen LogP contribution < -0.4 is 0 Å². The summed E-state index contributed by atoms with van der Waals surface area (Å²) in [4.78, 5) is 12.6. The number of carbonyl (C=O) groups excluding carboxylic acids is 1. The molecule has 0 aliphatic heterocycles. The Morgan fingerprint density at radius 1 is 0.964 bits per heavy atom. The van der Waals surface area contributed by atoms with Crippen molar-refractivity contribution in [1.82, 2.24) is 0 Å². The minimum absolute atomic E-state index is 0.247. The molecule has 3 saturated carbocycles. The smallest absolute Gasteiger partial charge is 0.159 e. The summed E-state index contributed by atoms with van der Waals surface area (Å²) in [6.45, 7) is 12.4. The van der Waals surface area contributed by atoms with E-state index in [1.54, 1.807) is 0 Å². The van der Waals surface area contributed by atoms with Crippen LogP contribution in [0.25, 0.3) is 0 Å². The largest absolute Gasteiger partial charge is 0.295 e. The minimum Gasteiger partial charge on any atom is -0.295 e. The van der Waals surface area contributed by atoms with Crippen molar-refractivity contribution in [2.75, 3.05) is 0 Å². The highest BCUT2D eigenvalue weighted by atomic mass is 16.1. The van der Waals surface area contributed by atoms with Gasteiger partial charge in [-0.1, -0.05) is 60.0 Å². The Balaban J connectivity index is 1.49. The number of hydrogen-bond acceptors (Lipinski definition) is 1. The Bertz CT molecular complexity index is 618. The van der Waals surface area contributed by atoms with Crippen LogP contribution in [-0.4, -0.2) is 5.78 Å². The molecule has 4 rings (SSSR count). The van der Waals surface area contributed by atoms with Crippen LogP contribution in [0.3, 0.4) is 0 Å². The SMILES string of the molecule is CC(C)CCC[C@@H](C)[C@H]1CC[C@H]2[C@@H]3CCC4C(=O)C=CC[C@]4(C)[C@H]3CC[C@]12C. The van der Waals surface area contributed by atoms with Crippen LogP contribution in [0.5, 0.6) is 0 Å². The predicted octanol–water partition coefficient (Wildman–Crippen LogP) is 7.45. The second-order valence-corrected chi connectivity index (χ2v) is 12.1. The molecule has 0 bridgehead atoms. The molecule has 0 aromatic rings. The summed E-state index contributed by atoms with van der Waals surface area (Å²) in [6, 6.07) is 0.